The molecule has 1 aliphatic heterocycles. The van der Waals surface area contributed by atoms with Gasteiger partial charge in [-0.25, -0.2) is 0 Å². The van der Waals surface area contributed by atoms with Gasteiger partial charge in [0.05, 0.1) is 44.8 Å². The van der Waals surface area contributed by atoms with Crippen molar-refractivity contribution in [2.45, 2.75) is 18.8 Å². The topological polar surface area (TPSA) is 47.2 Å². The number of fused-ring (bicyclic) bond motifs is 8. The number of hydrogen-bond acceptors (Lipinski definition) is 3. The number of benzene rings is 10. The van der Waals surface area contributed by atoms with Crippen LogP contribution in [0.5, 0.6) is 0 Å². The van der Waals surface area contributed by atoms with Crippen LogP contribution in [0.15, 0.2) is 243 Å². The van der Waals surface area contributed by atoms with Gasteiger partial charge in [-0.1, -0.05) is 177 Å². The number of para-hydroxylation sites is 6. The minimum Gasteiger partial charge on any atom is -0.309 e. The highest BCUT2D eigenvalue weighted by Gasteiger charge is 2.41. The Morgan fingerprint density at radius 1 is 0.371 bits per heavy atom. The summed E-state index contributed by atoms with van der Waals surface area (Å²) in [5.74, 6) is -0.0622. The molecule has 0 N–H and O–H groups in total. The Hall–Kier alpha value is -9.06. The lowest BCUT2D eigenvalue weighted by atomic mass is 9.68. The molecule has 1 aliphatic rings. The van der Waals surface area contributed by atoms with Gasteiger partial charge in [0, 0.05) is 54.9 Å². The molecule has 0 bridgehead atoms. The maximum absolute atomic E-state index is 15.2. The zero-order chi connectivity index (χ0) is 46.9. The molecule has 0 radical (unpaired) electrons. The molecule has 0 saturated heterocycles. The highest BCUT2D eigenvalue weighted by atomic mass is 16.1. The molecule has 5 heteroatoms. The van der Waals surface area contributed by atoms with Gasteiger partial charge in [0.25, 0.3) is 0 Å². The van der Waals surface area contributed by atoms with Crippen LogP contribution in [-0.4, -0.2) is 20.7 Å². The average Bonchev–Trinajstić information content (AvgIpc) is 3.94. The lowest BCUT2D eigenvalue weighted by molar-refractivity contribution is 0.103. The van der Waals surface area contributed by atoms with E-state index in [1.165, 1.54) is 10.8 Å². The Morgan fingerprint density at radius 3 is 1.43 bits per heavy atom. The Labute approximate surface area is 405 Å². The van der Waals surface area contributed by atoms with Crippen LogP contribution in [-0.2, 0) is 11.8 Å². The van der Waals surface area contributed by atoms with Gasteiger partial charge in [-0.15, -0.1) is 0 Å². The van der Waals surface area contributed by atoms with Crippen molar-refractivity contribution in [1.82, 2.24) is 9.13 Å². The third-order valence-corrected chi connectivity index (χ3v) is 14.5. The van der Waals surface area contributed by atoms with Crippen LogP contribution in [0.2, 0.25) is 0 Å². The molecule has 0 amide bonds. The van der Waals surface area contributed by atoms with Crippen molar-refractivity contribution in [3.8, 4) is 11.4 Å². The predicted molar refractivity (Wildman–Crippen MR) is 286 cm³/mol. The van der Waals surface area contributed by atoms with Crippen LogP contribution in [0.1, 0.15) is 55.5 Å². The van der Waals surface area contributed by atoms with Gasteiger partial charge < -0.3 is 14.0 Å². The number of anilines is 3. The van der Waals surface area contributed by atoms with E-state index in [-0.39, 0.29) is 11.6 Å². The monoisotopic (exact) mass is 899 g/mol. The number of carbonyl (C=O) groups excluding carboxylic acids is 2. The van der Waals surface area contributed by atoms with Gasteiger partial charge in [0.2, 0.25) is 0 Å². The van der Waals surface area contributed by atoms with E-state index in [1.807, 2.05) is 84.9 Å². The number of hydrogen-bond donors (Lipinski definition) is 0. The second kappa shape index (κ2) is 16.3. The maximum atomic E-state index is 15.2. The standard InChI is InChI=1S/C65H45N3O2/c1-65(53-28-12-18-34-61(53)68(62-35-19-13-29-54(62)65)58-33-17-11-27-50(58)63(69)44-20-4-2-5-21-44)42-43-36-38-60(52(40-43)64(70)45-22-6-3-7-23-45)67-57-32-16-10-26-49(57)51-41-46(37-39-59(51)67)66-55-30-14-8-24-47(55)48-25-9-15-31-56(48)66/h2-41H,42H2,1H3. The maximum Gasteiger partial charge on any atom is 0.195 e. The SMILES string of the molecule is CC1(Cc2ccc(-n3c4ccccc4c4cc(-n5c6ccccc6c6ccccc65)ccc43)c(C(=O)c3ccccc3)c2)c2ccccc2N(c2ccccc2C(=O)c2ccccc2)c2ccccc21. The molecule has 3 heterocycles. The zero-order valence-electron chi connectivity index (χ0n) is 38.5. The zero-order valence-corrected chi connectivity index (χ0v) is 38.5. The van der Waals surface area contributed by atoms with E-state index in [0.29, 0.717) is 28.7 Å². The molecule has 10 aromatic carbocycles. The number of ketones is 2. The normalized spacial score (nSPS) is 12.9. The van der Waals surface area contributed by atoms with E-state index in [9.17, 15) is 4.79 Å². The van der Waals surface area contributed by atoms with Crippen molar-refractivity contribution in [2.24, 2.45) is 0 Å². The first-order chi connectivity index (χ1) is 34.5. The van der Waals surface area contributed by atoms with Crippen LogP contribution in [0.25, 0.3) is 55.0 Å². The first-order valence-corrected chi connectivity index (χ1v) is 23.9. The van der Waals surface area contributed by atoms with E-state index >= 15 is 4.79 Å². The molecule has 0 aliphatic carbocycles. The Balaban J connectivity index is 0.967. The number of nitrogens with zero attached hydrogens (tertiary/aromatic N) is 3. The van der Waals surface area contributed by atoms with Crippen LogP contribution in [0, 0.1) is 0 Å². The van der Waals surface area contributed by atoms with E-state index in [4.69, 9.17) is 0 Å². The lowest BCUT2D eigenvalue weighted by Crippen LogP contribution is -2.35. The summed E-state index contributed by atoms with van der Waals surface area (Å²) in [5.41, 5.74) is 14.5. The average molecular weight is 900 g/mol. The van der Waals surface area contributed by atoms with Crippen molar-refractivity contribution in [1.29, 1.82) is 0 Å². The van der Waals surface area contributed by atoms with Gasteiger partial charge in [0.1, 0.15) is 0 Å². The number of carbonyl (C=O) groups is 2. The molecule has 13 rings (SSSR count). The van der Waals surface area contributed by atoms with E-state index < -0.39 is 5.41 Å². The van der Waals surface area contributed by atoms with Crippen LogP contribution >= 0.6 is 0 Å². The summed E-state index contributed by atoms with van der Waals surface area (Å²) in [4.78, 5) is 31.6. The third-order valence-electron chi connectivity index (χ3n) is 14.5. The molecule has 0 atom stereocenters. The number of rotatable bonds is 9. The minimum atomic E-state index is -0.521. The molecule has 12 aromatic rings. The molecule has 0 saturated carbocycles. The van der Waals surface area contributed by atoms with Gasteiger partial charge in [-0.2, -0.15) is 0 Å². The molecule has 0 unspecified atom stereocenters. The summed E-state index contributed by atoms with van der Waals surface area (Å²) in [6.07, 6.45) is 0.615. The molecule has 70 heavy (non-hydrogen) atoms. The van der Waals surface area contributed by atoms with Crippen molar-refractivity contribution in [3.05, 3.63) is 282 Å². The highest BCUT2D eigenvalue weighted by molar-refractivity contribution is 6.16. The molecule has 332 valence electrons. The Bertz CT molecular complexity index is 3950. The number of aromatic nitrogens is 2. The van der Waals surface area contributed by atoms with Crippen molar-refractivity contribution in [2.75, 3.05) is 4.90 Å². The smallest absolute Gasteiger partial charge is 0.195 e. The van der Waals surface area contributed by atoms with Crippen LogP contribution in [0.3, 0.4) is 0 Å². The first-order valence-electron chi connectivity index (χ1n) is 23.9. The summed E-state index contributed by atoms with van der Waals surface area (Å²) < 4.78 is 4.64. The van der Waals surface area contributed by atoms with E-state index in [2.05, 4.69) is 179 Å². The van der Waals surface area contributed by atoms with Gasteiger partial charge in [0.15, 0.2) is 11.6 Å². The molecule has 0 spiro atoms. The second-order valence-corrected chi connectivity index (χ2v) is 18.6. The quantitative estimate of drug-likeness (QED) is 0.136. The molecule has 5 nitrogen and oxygen atoms in total. The molecular weight excluding hydrogens is 855 g/mol. The molecule has 2 aromatic heterocycles. The van der Waals surface area contributed by atoms with E-state index in [0.717, 1.165) is 78.0 Å². The first kappa shape index (κ1) is 41.2. The fraction of sp³-hybridized carbons (Fsp3) is 0.0462. The predicted octanol–water partition coefficient (Wildman–Crippen LogP) is 15.7. The summed E-state index contributed by atoms with van der Waals surface area (Å²) in [6, 6.07) is 83.1. The van der Waals surface area contributed by atoms with Gasteiger partial charge in [-0.05, 0) is 95.9 Å². The van der Waals surface area contributed by atoms with Crippen molar-refractivity contribution in [3.63, 3.8) is 0 Å². The summed E-state index contributed by atoms with van der Waals surface area (Å²) >= 11 is 0. The summed E-state index contributed by atoms with van der Waals surface area (Å²) in [6.45, 7) is 2.32. The Kier molecular flexibility index (Phi) is 9.60. The van der Waals surface area contributed by atoms with Gasteiger partial charge >= 0.3 is 0 Å². The largest absolute Gasteiger partial charge is 0.309 e. The summed E-state index contributed by atoms with van der Waals surface area (Å²) in [7, 11) is 0. The van der Waals surface area contributed by atoms with Gasteiger partial charge in [-0.3, -0.25) is 9.59 Å². The molecule has 0 fully saturated rings. The van der Waals surface area contributed by atoms with Crippen LogP contribution in [0.4, 0.5) is 17.1 Å². The van der Waals surface area contributed by atoms with Crippen LogP contribution < -0.4 is 4.90 Å². The lowest BCUT2D eigenvalue weighted by Gasteiger charge is -2.44. The summed E-state index contributed by atoms with van der Waals surface area (Å²) in [5, 5.41) is 4.66. The fourth-order valence-corrected chi connectivity index (χ4v) is 11.4. The van der Waals surface area contributed by atoms with Crippen molar-refractivity contribution < 1.29 is 9.59 Å². The van der Waals surface area contributed by atoms with E-state index in [1.54, 1.807) is 0 Å². The minimum absolute atomic E-state index is 0.0259. The second-order valence-electron chi connectivity index (χ2n) is 18.6. The van der Waals surface area contributed by atoms with Crippen molar-refractivity contribution >= 4 is 72.2 Å². The Morgan fingerprint density at radius 2 is 0.829 bits per heavy atom. The third kappa shape index (κ3) is 6.39. The molecular formula is C65H45N3O2. The fourth-order valence-electron chi connectivity index (χ4n) is 11.4. The highest BCUT2D eigenvalue weighted by Crippen LogP contribution is 2.54.